The van der Waals surface area contributed by atoms with E-state index in [2.05, 4.69) is 20.2 Å². The fraction of sp³-hybridized carbons (Fsp3) is 0.333. The topological polar surface area (TPSA) is 111 Å². The molecule has 1 aromatic carbocycles. The third-order valence-electron chi connectivity index (χ3n) is 4.64. The maximum atomic E-state index is 12.9. The minimum absolute atomic E-state index is 0.160. The van der Waals surface area contributed by atoms with E-state index in [1.54, 1.807) is 36.7 Å². The van der Waals surface area contributed by atoms with Crippen LogP contribution in [-0.4, -0.2) is 53.1 Å². The number of nitrogens with zero attached hydrogens (tertiary/aromatic N) is 5. The summed E-state index contributed by atoms with van der Waals surface area (Å²) in [5.41, 5.74) is 1.28. The highest BCUT2D eigenvalue weighted by molar-refractivity contribution is 7.89. The average molecular weight is 401 g/mol. The molecular weight excluding hydrogens is 382 g/mol. The van der Waals surface area contributed by atoms with Crippen molar-refractivity contribution >= 4 is 10.0 Å². The maximum Gasteiger partial charge on any atom is 0.267 e. The molecule has 1 fully saturated rings. The van der Waals surface area contributed by atoms with Gasteiger partial charge in [-0.25, -0.2) is 13.4 Å². The first kappa shape index (κ1) is 18.5. The first-order valence-electron chi connectivity index (χ1n) is 8.74. The molecular formula is C18H19N5O4S. The van der Waals surface area contributed by atoms with Crippen LogP contribution in [0.2, 0.25) is 0 Å². The van der Waals surface area contributed by atoms with Gasteiger partial charge in [0.1, 0.15) is 11.4 Å². The van der Waals surface area contributed by atoms with Crippen LogP contribution in [0, 0.1) is 6.92 Å². The van der Waals surface area contributed by atoms with Gasteiger partial charge in [-0.1, -0.05) is 0 Å². The van der Waals surface area contributed by atoms with E-state index in [0.29, 0.717) is 30.3 Å². The van der Waals surface area contributed by atoms with Crippen LogP contribution in [0.3, 0.4) is 0 Å². The van der Waals surface area contributed by atoms with Crippen LogP contribution in [0.1, 0.15) is 23.9 Å². The van der Waals surface area contributed by atoms with Gasteiger partial charge in [-0.15, -0.1) is 10.2 Å². The Kier molecular flexibility index (Phi) is 4.82. The number of benzene rings is 1. The van der Waals surface area contributed by atoms with E-state index in [0.717, 1.165) is 5.69 Å². The number of methoxy groups -OCH3 is 1. The van der Waals surface area contributed by atoms with Gasteiger partial charge < -0.3 is 9.15 Å². The molecule has 1 aliphatic heterocycles. The zero-order valence-corrected chi connectivity index (χ0v) is 16.3. The predicted molar refractivity (Wildman–Crippen MR) is 99.2 cm³/mol. The zero-order valence-electron chi connectivity index (χ0n) is 15.4. The second-order valence-electron chi connectivity index (χ2n) is 6.51. The van der Waals surface area contributed by atoms with E-state index in [4.69, 9.17) is 9.15 Å². The Bertz CT molecular complexity index is 1060. The Morgan fingerprint density at radius 2 is 1.93 bits per heavy atom. The molecule has 2 aromatic heterocycles. The summed E-state index contributed by atoms with van der Waals surface area (Å²) >= 11 is 0. The van der Waals surface area contributed by atoms with E-state index in [9.17, 15) is 8.42 Å². The lowest BCUT2D eigenvalue weighted by molar-refractivity contribution is 0.414. The molecule has 4 rings (SSSR count). The van der Waals surface area contributed by atoms with E-state index in [1.165, 1.54) is 11.4 Å². The summed E-state index contributed by atoms with van der Waals surface area (Å²) in [5.74, 6) is 1.13. The summed E-state index contributed by atoms with van der Waals surface area (Å²) < 4.78 is 38.0. The summed E-state index contributed by atoms with van der Waals surface area (Å²) in [4.78, 5) is 8.62. The number of hydrogen-bond acceptors (Lipinski definition) is 8. The molecule has 146 valence electrons. The van der Waals surface area contributed by atoms with Gasteiger partial charge in [0.15, 0.2) is 0 Å². The molecule has 10 heteroatoms. The van der Waals surface area contributed by atoms with Gasteiger partial charge in [0, 0.05) is 19.3 Å². The Morgan fingerprint density at radius 3 is 2.61 bits per heavy atom. The maximum absolute atomic E-state index is 12.9. The number of hydrogen-bond donors (Lipinski definition) is 0. The lowest BCUT2D eigenvalue weighted by atomic mass is 10.1. The second kappa shape index (κ2) is 7.28. The van der Waals surface area contributed by atoms with Crippen molar-refractivity contribution in [3.63, 3.8) is 0 Å². The lowest BCUT2D eigenvalue weighted by Crippen LogP contribution is -2.28. The van der Waals surface area contributed by atoms with Crippen LogP contribution in [0.5, 0.6) is 5.75 Å². The second-order valence-corrected chi connectivity index (χ2v) is 8.45. The fourth-order valence-corrected chi connectivity index (χ4v) is 4.55. The third-order valence-corrected chi connectivity index (χ3v) is 6.52. The van der Waals surface area contributed by atoms with Gasteiger partial charge in [0.05, 0.1) is 29.8 Å². The summed E-state index contributed by atoms with van der Waals surface area (Å²) in [5, 5.41) is 8.11. The number of aryl methyl sites for hydroxylation is 1. The highest BCUT2D eigenvalue weighted by Crippen LogP contribution is 2.31. The van der Waals surface area contributed by atoms with Gasteiger partial charge in [-0.2, -0.15) is 4.31 Å². The van der Waals surface area contributed by atoms with Crippen LogP contribution in [-0.2, 0) is 10.0 Å². The molecule has 3 heterocycles. The number of sulfonamides is 1. The SMILES string of the molecule is COc1ccc(S(=O)(=O)N2CC[C@@H](c3nnc(-c4cnc(C)cn4)o3)C2)cc1. The van der Waals surface area contributed by atoms with Crippen molar-refractivity contribution in [2.75, 3.05) is 20.2 Å². The van der Waals surface area contributed by atoms with Crippen LogP contribution in [0.25, 0.3) is 11.6 Å². The van der Waals surface area contributed by atoms with Crippen molar-refractivity contribution in [3.8, 4) is 17.3 Å². The Balaban J connectivity index is 1.50. The normalized spacial score (nSPS) is 17.7. The minimum Gasteiger partial charge on any atom is -0.497 e. The minimum atomic E-state index is -3.59. The first-order chi connectivity index (χ1) is 13.5. The van der Waals surface area contributed by atoms with Crippen molar-refractivity contribution < 1.29 is 17.6 Å². The standard InChI is InChI=1S/C18H19N5O4S/c1-12-9-20-16(10-19-12)18-22-21-17(27-18)13-7-8-23(11-13)28(24,25)15-5-3-14(26-2)4-6-15/h3-6,9-10,13H,7-8,11H2,1-2H3/t13-/m1/s1. The zero-order chi connectivity index (χ0) is 19.7. The average Bonchev–Trinajstić information content (AvgIpc) is 3.38. The van der Waals surface area contributed by atoms with Crippen molar-refractivity contribution in [1.29, 1.82) is 0 Å². The van der Waals surface area contributed by atoms with Gasteiger partial charge in [-0.05, 0) is 37.6 Å². The van der Waals surface area contributed by atoms with E-state index >= 15 is 0 Å². The third kappa shape index (κ3) is 3.48. The molecule has 3 aromatic rings. The predicted octanol–water partition coefficient (Wildman–Crippen LogP) is 2.02. The monoisotopic (exact) mass is 401 g/mol. The molecule has 0 unspecified atom stereocenters. The van der Waals surface area contributed by atoms with Gasteiger partial charge >= 0.3 is 0 Å². The van der Waals surface area contributed by atoms with E-state index < -0.39 is 10.0 Å². The molecule has 0 radical (unpaired) electrons. The summed E-state index contributed by atoms with van der Waals surface area (Å²) in [6.45, 7) is 2.52. The molecule has 1 aliphatic rings. The Labute approximate surface area is 162 Å². The Morgan fingerprint density at radius 1 is 1.14 bits per heavy atom. The van der Waals surface area contributed by atoms with Crippen LogP contribution < -0.4 is 4.74 Å². The van der Waals surface area contributed by atoms with Crippen LogP contribution in [0.4, 0.5) is 0 Å². The van der Waals surface area contributed by atoms with Crippen LogP contribution >= 0.6 is 0 Å². The first-order valence-corrected chi connectivity index (χ1v) is 10.2. The van der Waals surface area contributed by atoms with Gasteiger partial charge in [-0.3, -0.25) is 4.98 Å². The van der Waals surface area contributed by atoms with Crippen LogP contribution in [0.15, 0.2) is 46.0 Å². The molecule has 0 aliphatic carbocycles. The quantitative estimate of drug-likeness (QED) is 0.638. The van der Waals surface area contributed by atoms with E-state index in [1.807, 2.05) is 6.92 Å². The molecule has 0 N–H and O–H groups in total. The molecule has 9 nitrogen and oxygen atoms in total. The summed E-state index contributed by atoms with van der Waals surface area (Å²) in [6.07, 6.45) is 3.80. The largest absolute Gasteiger partial charge is 0.497 e. The lowest BCUT2D eigenvalue weighted by Gasteiger charge is -2.16. The van der Waals surface area contributed by atoms with Crippen molar-refractivity contribution in [2.45, 2.75) is 24.2 Å². The highest BCUT2D eigenvalue weighted by atomic mass is 32.2. The fourth-order valence-electron chi connectivity index (χ4n) is 3.05. The number of ether oxygens (including phenoxy) is 1. The number of aromatic nitrogens is 4. The smallest absolute Gasteiger partial charge is 0.267 e. The molecule has 1 saturated heterocycles. The van der Waals surface area contributed by atoms with E-state index in [-0.39, 0.29) is 23.2 Å². The van der Waals surface area contributed by atoms with Crippen molar-refractivity contribution in [2.24, 2.45) is 0 Å². The molecule has 0 spiro atoms. The number of rotatable bonds is 5. The summed E-state index contributed by atoms with van der Waals surface area (Å²) in [6, 6.07) is 6.35. The molecule has 1 atom stereocenters. The molecule has 28 heavy (non-hydrogen) atoms. The molecule has 0 amide bonds. The highest BCUT2D eigenvalue weighted by Gasteiger charge is 2.35. The Hall–Kier alpha value is -2.85. The van der Waals surface area contributed by atoms with Crippen molar-refractivity contribution in [1.82, 2.24) is 24.5 Å². The van der Waals surface area contributed by atoms with Gasteiger partial charge in [0.2, 0.25) is 15.9 Å². The van der Waals surface area contributed by atoms with Gasteiger partial charge in [0.25, 0.3) is 5.89 Å². The summed E-state index contributed by atoms with van der Waals surface area (Å²) in [7, 11) is -2.05. The molecule has 0 saturated carbocycles. The molecule has 0 bridgehead atoms. The van der Waals surface area contributed by atoms with Crippen molar-refractivity contribution in [3.05, 3.63) is 48.2 Å².